The average molecular weight is 708 g/mol. The van der Waals surface area contributed by atoms with Gasteiger partial charge >= 0.3 is 13.8 Å². The van der Waals surface area contributed by atoms with Gasteiger partial charge in [-0.25, -0.2) is 4.57 Å². The van der Waals surface area contributed by atoms with E-state index in [-0.39, 0.29) is 32.1 Å². The number of aliphatic hydroxyl groups excluding tert-OH is 1. The van der Waals surface area contributed by atoms with E-state index in [1.165, 1.54) is 0 Å². The molecule has 0 bridgehead atoms. The fourth-order valence-electron chi connectivity index (χ4n) is 4.38. The second kappa shape index (κ2) is 35.3. The van der Waals surface area contributed by atoms with Gasteiger partial charge in [0.2, 0.25) is 5.91 Å². The van der Waals surface area contributed by atoms with E-state index >= 15 is 0 Å². The molecular weight excluding hydrogens is 641 g/mol. The largest absolute Gasteiger partial charge is 0.472 e. The van der Waals surface area contributed by atoms with E-state index < -0.39 is 26.5 Å². The average Bonchev–Trinajstić information content (AvgIpc) is 3.08. The third-order valence-corrected chi connectivity index (χ3v) is 8.14. The summed E-state index contributed by atoms with van der Waals surface area (Å²) >= 11 is 0. The number of carbonyl (C=O) groups is 2. The maximum absolute atomic E-state index is 12.0. The Morgan fingerprint density at radius 3 is 1.73 bits per heavy atom. The first-order valence-corrected chi connectivity index (χ1v) is 19.9. The molecule has 0 aromatic carbocycles. The molecule has 0 aromatic rings. The second-order valence-electron chi connectivity index (χ2n) is 11.8. The van der Waals surface area contributed by atoms with Gasteiger partial charge in [-0.15, -0.1) is 0 Å². The number of phosphoric ester groups is 1. The lowest BCUT2D eigenvalue weighted by molar-refractivity contribution is -0.147. The standard InChI is InChI=1S/C39H66NO8P/c1-3-5-7-9-10-11-12-13-14-15-16-17-18-19-20-21-22-23-24-25-26-28-29-31-38(42)40-33-34-47-49(44,45)48-36-37(41)35-46-39(43)32-30-27-8-6-4-2/h5,7,10-11,13-14,16-17,19-20,22-23,37,41H,3-4,6,8-9,12,15,18,21,24-36H2,1-2H3,(H,40,42)(H,44,45)/b7-5-,11-10-,14-13-,17-16-,20-19-,23-22-. The Morgan fingerprint density at radius 2 is 1.16 bits per heavy atom. The van der Waals surface area contributed by atoms with Crippen molar-refractivity contribution >= 4 is 19.7 Å². The first kappa shape index (κ1) is 46.5. The van der Waals surface area contributed by atoms with Crippen molar-refractivity contribution in [2.24, 2.45) is 0 Å². The Labute approximate surface area is 297 Å². The summed E-state index contributed by atoms with van der Waals surface area (Å²) < 4.78 is 26.5. The number of hydrogen-bond acceptors (Lipinski definition) is 7. The quantitative estimate of drug-likeness (QED) is 0.0266. The zero-order chi connectivity index (χ0) is 36.1. The minimum Gasteiger partial charge on any atom is -0.463 e. The lowest BCUT2D eigenvalue weighted by atomic mass is 10.1. The summed E-state index contributed by atoms with van der Waals surface area (Å²) in [7, 11) is -4.41. The number of rotatable bonds is 33. The van der Waals surface area contributed by atoms with Crippen molar-refractivity contribution < 1.29 is 37.9 Å². The summed E-state index contributed by atoms with van der Waals surface area (Å²) in [4.78, 5) is 33.5. The van der Waals surface area contributed by atoms with Crippen LogP contribution in [-0.2, 0) is 27.9 Å². The molecule has 0 spiro atoms. The third kappa shape index (κ3) is 36.6. The topological polar surface area (TPSA) is 131 Å². The molecule has 2 atom stereocenters. The Kier molecular flexibility index (Phi) is 33.4. The Bertz CT molecular complexity index is 1030. The summed E-state index contributed by atoms with van der Waals surface area (Å²) in [6.45, 7) is 3.26. The highest BCUT2D eigenvalue weighted by Gasteiger charge is 2.23. The molecule has 0 aromatic heterocycles. The van der Waals surface area contributed by atoms with Crippen LogP contribution >= 0.6 is 7.82 Å². The number of esters is 1. The SMILES string of the molecule is CC/C=C\C/C=C\C/C=C\C/C=C\C/C=C\C/C=C\CCCCCCC(=O)NCCOP(=O)(O)OCC(O)COC(=O)CCCCCCC. The highest BCUT2D eigenvalue weighted by molar-refractivity contribution is 7.47. The van der Waals surface area contributed by atoms with Gasteiger partial charge in [0.25, 0.3) is 0 Å². The summed E-state index contributed by atoms with van der Waals surface area (Å²) in [6.07, 6.45) is 41.7. The molecule has 0 rings (SSSR count). The summed E-state index contributed by atoms with van der Waals surface area (Å²) in [5.41, 5.74) is 0. The third-order valence-electron chi connectivity index (χ3n) is 7.15. The van der Waals surface area contributed by atoms with Crippen LogP contribution < -0.4 is 5.32 Å². The molecule has 0 aliphatic carbocycles. The zero-order valence-corrected chi connectivity index (χ0v) is 31.2. The second-order valence-corrected chi connectivity index (χ2v) is 13.3. The Morgan fingerprint density at radius 1 is 0.653 bits per heavy atom. The number of unbranched alkanes of at least 4 members (excludes halogenated alkanes) is 8. The molecular formula is C39H66NO8P. The van der Waals surface area contributed by atoms with Crippen molar-refractivity contribution in [3.63, 3.8) is 0 Å². The van der Waals surface area contributed by atoms with Crippen LogP contribution in [0.25, 0.3) is 0 Å². The van der Waals surface area contributed by atoms with Crippen LogP contribution in [0.3, 0.4) is 0 Å². The molecule has 0 heterocycles. The molecule has 10 heteroatoms. The predicted molar refractivity (Wildman–Crippen MR) is 201 cm³/mol. The summed E-state index contributed by atoms with van der Waals surface area (Å²) in [5.74, 6) is -0.563. The molecule has 0 fully saturated rings. The molecule has 3 N–H and O–H groups in total. The van der Waals surface area contributed by atoms with Gasteiger partial charge in [-0.2, -0.15) is 0 Å². The lowest BCUT2D eigenvalue weighted by Gasteiger charge is -2.15. The van der Waals surface area contributed by atoms with E-state index in [1.54, 1.807) is 0 Å². The molecule has 0 saturated heterocycles. The maximum Gasteiger partial charge on any atom is 0.472 e. The number of carbonyl (C=O) groups excluding carboxylic acids is 2. The highest BCUT2D eigenvalue weighted by atomic mass is 31.2. The van der Waals surface area contributed by atoms with Crippen LogP contribution in [-0.4, -0.2) is 54.3 Å². The van der Waals surface area contributed by atoms with Gasteiger partial charge in [-0.3, -0.25) is 18.6 Å². The number of amides is 1. The number of ether oxygens (including phenoxy) is 1. The van der Waals surface area contributed by atoms with E-state index in [4.69, 9.17) is 13.8 Å². The molecule has 9 nitrogen and oxygen atoms in total. The minimum atomic E-state index is -4.41. The van der Waals surface area contributed by atoms with Crippen LogP contribution in [0.15, 0.2) is 72.9 Å². The fraction of sp³-hybridized carbons (Fsp3) is 0.641. The van der Waals surface area contributed by atoms with E-state index in [2.05, 4.69) is 92.1 Å². The lowest BCUT2D eigenvalue weighted by Crippen LogP contribution is -2.27. The summed E-state index contributed by atoms with van der Waals surface area (Å²) in [5, 5.41) is 12.5. The normalized spacial score (nSPS) is 14.3. The molecule has 49 heavy (non-hydrogen) atoms. The number of nitrogens with one attached hydrogen (secondary N) is 1. The molecule has 0 radical (unpaired) electrons. The van der Waals surface area contributed by atoms with Gasteiger partial charge in [0.15, 0.2) is 0 Å². The smallest absolute Gasteiger partial charge is 0.463 e. The van der Waals surface area contributed by atoms with E-state index in [0.29, 0.717) is 6.42 Å². The number of hydrogen-bond donors (Lipinski definition) is 3. The first-order chi connectivity index (χ1) is 23.8. The van der Waals surface area contributed by atoms with E-state index in [9.17, 15) is 24.2 Å². The molecule has 0 aliphatic rings. The zero-order valence-electron chi connectivity index (χ0n) is 30.4. The van der Waals surface area contributed by atoms with Gasteiger partial charge in [0.1, 0.15) is 12.7 Å². The van der Waals surface area contributed by atoms with Crippen LogP contribution in [0.4, 0.5) is 0 Å². The van der Waals surface area contributed by atoms with Crippen molar-refractivity contribution in [2.75, 3.05) is 26.4 Å². The van der Waals surface area contributed by atoms with Crippen molar-refractivity contribution in [3.05, 3.63) is 72.9 Å². The maximum atomic E-state index is 12.0. The van der Waals surface area contributed by atoms with Crippen LogP contribution in [0.2, 0.25) is 0 Å². The van der Waals surface area contributed by atoms with Gasteiger partial charge in [0.05, 0.1) is 13.2 Å². The van der Waals surface area contributed by atoms with Crippen LogP contribution in [0.5, 0.6) is 0 Å². The van der Waals surface area contributed by atoms with E-state index in [0.717, 1.165) is 103 Å². The predicted octanol–water partition coefficient (Wildman–Crippen LogP) is 9.54. The van der Waals surface area contributed by atoms with Gasteiger partial charge < -0.3 is 20.1 Å². The van der Waals surface area contributed by atoms with Crippen molar-refractivity contribution in [2.45, 2.75) is 136 Å². The number of allylic oxidation sites excluding steroid dienone is 12. The highest BCUT2D eigenvalue weighted by Crippen LogP contribution is 2.42. The van der Waals surface area contributed by atoms with Crippen molar-refractivity contribution in [3.8, 4) is 0 Å². The van der Waals surface area contributed by atoms with Gasteiger partial charge in [0, 0.05) is 19.4 Å². The Hall–Kier alpha value is -2.55. The first-order valence-electron chi connectivity index (χ1n) is 18.4. The minimum absolute atomic E-state index is 0.0633. The number of aliphatic hydroxyl groups is 1. The monoisotopic (exact) mass is 707 g/mol. The Balaban J connectivity index is 3.68. The van der Waals surface area contributed by atoms with Gasteiger partial charge in [-0.1, -0.05) is 125 Å². The van der Waals surface area contributed by atoms with Crippen LogP contribution in [0, 0.1) is 0 Å². The van der Waals surface area contributed by atoms with Gasteiger partial charge in [-0.05, 0) is 64.2 Å². The fourth-order valence-corrected chi connectivity index (χ4v) is 5.14. The molecule has 280 valence electrons. The molecule has 2 unspecified atom stereocenters. The summed E-state index contributed by atoms with van der Waals surface area (Å²) in [6, 6.07) is 0. The van der Waals surface area contributed by atoms with Crippen LogP contribution in [0.1, 0.15) is 129 Å². The number of phosphoric acid groups is 1. The van der Waals surface area contributed by atoms with E-state index in [1.807, 2.05) is 0 Å². The van der Waals surface area contributed by atoms with Crippen molar-refractivity contribution in [1.82, 2.24) is 5.32 Å². The molecule has 1 amide bonds. The van der Waals surface area contributed by atoms with Crippen molar-refractivity contribution in [1.29, 1.82) is 0 Å². The molecule has 0 aliphatic heterocycles. The molecule has 0 saturated carbocycles.